The molecule has 2 aromatic carbocycles. The summed E-state index contributed by atoms with van der Waals surface area (Å²) in [6.45, 7) is 0.471. The number of nitrogens with zero attached hydrogens (tertiary/aromatic N) is 4. The lowest BCUT2D eigenvalue weighted by atomic mass is 10.1. The van der Waals surface area contributed by atoms with Crippen LogP contribution in [0.2, 0.25) is 5.15 Å². The highest BCUT2D eigenvalue weighted by Gasteiger charge is 2.19. The summed E-state index contributed by atoms with van der Waals surface area (Å²) in [6, 6.07) is 15.5. The molecule has 6 nitrogen and oxygen atoms in total. The molecule has 0 saturated heterocycles. The molecule has 3 aromatic heterocycles. The molecular formula is C20H12BrClN4O2S. The van der Waals surface area contributed by atoms with Gasteiger partial charge in [0.25, 0.3) is 5.89 Å². The van der Waals surface area contributed by atoms with Gasteiger partial charge in [0.2, 0.25) is 5.82 Å². The van der Waals surface area contributed by atoms with Crippen LogP contribution in [-0.2, 0) is 6.61 Å². The van der Waals surface area contributed by atoms with E-state index in [4.69, 9.17) is 20.9 Å². The van der Waals surface area contributed by atoms with Gasteiger partial charge in [-0.25, -0.2) is 4.98 Å². The van der Waals surface area contributed by atoms with E-state index in [9.17, 15) is 0 Å². The first-order valence-electron chi connectivity index (χ1n) is 8.60. The number of ether oxygens (including phenoxy) is 1. The molecule has 0 aliphatic carbocycles. The lowest BCUT2D eigenvalue weighted by Gasteiger charge is -2.06. The second-order valence-corrected chi connectivity index (χ2v) is 8.32. The molecule has 0 atom stereocenters. The zero-order valence-electron chi connectivity index (χ0n) is 14.8. The van der Waals surface area contributed by atoms with E-state index in [-0.39, 0.29) is 0 Å². The van der Waals surface area contributed by atoms with Crippen molar-refractivity contribution in [2.45, 2.75) is 6.61 Å². The molecule has 0 fully saturated rings. The van der Waals surface area contributed by atoms with Crippen molar-refractivity contribution in [3.8, 4) is 28.7 Å². The van der Waals surface area contributed by atoms with E-state index in [1.807, 2.05) is 64.5 Å². The molecular weight excluding hydrogens is 476 g/mol. The Balaban J connectivity index is 1.33. The Morgan fingerprint density at radius 3 is 2.66 bits per heavy atom. The molecule has 5 rings (SSSR count). The number of rotatable bonds is 5. The lowest BCUT2D eigenvalue weighted by molar-refractivity contribution is 0.306. The monoisotopic (exact) mass is 486 g/mol. The number of hydrogen-bond donors (Lipinski definition) is 0. The Morgan fingerprint density at radius 1 is 1.07 bits per heavy atom. The van der Waals surface area contributed by atoms with Gasteiger partial charge in [-0.3, -0.25) is 4.40 Å². The van der Waals surface area contributed by atoms with Crippen LogP contribution in [0, 0.1) is 0 Å². The van der Waals surface area contributed by atoms with Crippen molar-refractivity contribution < 1.29 is 9.26 Å². The van der Waals surface area contributed by atoms with Gasteiger partial charge in [-0.2, -0.15) is 4.98 Å². The fourth-order valence-electron chi connectivity index (χ4n) is 2.84. The van der Waals surface area contributed by atoms with Gasteiger partial charge < -0.3 is 9.26 Å². The van der Waals surface area contributed by atoms with Crippen molar-refractivity contribution in [3.63, 3.8) is 0 Å². The molecule has 9 heteroatoms. The second-order valence-electron chi connectivity index (χ2n) is 6.17. The summed E-state index contributed by atoms with van der Waals surface area (Å²) in [4.78, 5) is 9.58. The van der Waals surface area contributed by atoms with E-state index < -0.39 is 0 Å². The first kappa shape index (κ1) is 18.4. The first-order chi connectivity index (χ1) is 14.2. The maximum atomic E-state index is 6.25. The van der Waals surface area contributed by atoms with Crippen LogP contribution in [0.15, 0.2) is 69.1 Å². The third kappa shape index (κ3) is 3.66. The second kappa shape index (κ2) is 7.62. The van der Waals surface area contributed by atoms with Gasteiger partial charge in [0.1, 0.15) is 18.1 Å². The predicted octanol–water partition coefficient (Wildman–Crippen LogP) is 6.11. The third-order valence-electron chi connectivity index (χ3n) is 4.28. The molecule has 3 heterocycles. The minimum absolute atomic E-state index is 0.352. The van der Waals surface area contributed by atoms with E-state index in [0.717, 1.165) is 26.3 Å². The van der Waals surface area contributed by atoms with Gasteiger partial charge in [0, 0.05) is 21.6 Å². The molecule has 0 N–H and O–H groups in total. The largest absolute Gasteiger partial charge is 0.489 e. The highest BCUT2D eigenvalue weighted by atomic mass is 79.9. The predicted molar refractivity (Wildman–Crippen MR) is 115 cm³/mol. The summed E-state index contributed by atoms with van der Waals surface area (Å²) in [7, 11) is 0. The van der Waals surface area contributed by atoms with Crippen molar-refractivity contribution in [1.29, 1.82) is 0 Å². The van der Waals surface area contributed by atoms with Crippen LogP contribution in [0.5, 0.6) is 5.75 Å². The third-order valence-corrected chi connectivity index (χ3v) is 5.83. The highest BCUT2D eigenvalue weighted by Crippen LogP contribution is 2.30. The fraction of sp³-hybridized carbons (Fsp3) is 0.0500. The van der Waals surface area contributed by atoms with Crippen molar-refractivity contribution in [2.24, 2.45) is 0 Å². The van der Waals surface area contributed by atoms with Gasteiger partial charge in [-0.15, -0.1) is 11.3 Å². The number of halogens is 2. The van der Waals surface area contributed by atoms with Gasteiger partial charge in [-0.1, -0.05) is 44.8 Å². The topological polar surface area (TPSA) is 65.5 Å². The molecule has 0 saturated carbocycles. The molecule has 0 bridgehead atoms. The van der Waals surface area contributed by atoms with E-state index in [0.29, 0.717) is 29.2 Å². The fourth-order valence-corrected chi connectivity index (χ4v) is 4.12. The minimum atomic E-state index is 0.352. The molecule has 29 heavy (non-hydrogen) atoms. The Labute approximate surface area is 182 Å². The molecule has 0 radical (unpaired) electrons. The van der Waals surface area contributed by atoms with E-state index in [1.165, 1.54) is 11.3 Å². The van der Waals surface area contributed by atoms with Crippen molar-refractivity contribution >= 4 is 43.8 Å². The van der Waals surface area contributed by atoms with Crippen LogP contribution >= 0.6 is 38.9 Å². The Morgan fingerprint density at radius 2 is 1.86 bits per heavy atom. The van der Waals surface area contributed by atoms with Crippen LogP contribution in [0.3, 0.4) is 0 Å². The normalized spacial score (nSPS) is 11.2. The molecule has 0 amide bonds. The van der Waals surface area contributed by atoms with Crippen LogP contribution < -0.4 is 4.74 Å². The number of fused-ring (bicyclic) bond motifs is 1. The highest BCUT2D eigenvalue weighted by molar-refractivity contribution is 9.10. The van der Waals surface area contributed by atoms with Gasteiger partial charge in [0.15, 0.2) is 10.1 Å². The molecule has 0 unspecified atom stereocenters. The average Bonchev–Trinajstić information content (AvgIpc) is 3.44. The van der Waals surface area contributed by atoms with Gasteiger partial charge in [-0.05, 0) is 42.0 Å². The zero-order valence-corrected chi connectivity index (χ0v) is 17.9. The van der Waals surface area contributed by atoms with Crippen molar-refractivity contribution in [1.82, 2.24) is 19.5 Å². The standard InChI is InChI=1S/C20H12BrClN4O2S/c21-14-5-7-15(8-6-14)27-11-12-1-3-13(4-2-12)19-24-18(25-28-19)16-17(22)23-20-26(16)9-10-29-20/h1-10H,11H2. The van der Waals surface area contributed by atoms with Crippen LogP contribution in [-0.4, -0.2) is 19.5 Å². The number of benzene rings is 2. The molecule has 144 valence electrons. The summed E-state index contributed by atoms with van der Waals surface area (Å²) < 4.78 is 14.1. The summed E-state index contributed by atoms with van der Waals surface area (Å²) in [5.41, 5.74) is 2.48. The average molecular weight is 488 g/mol. The number of imidazole rings is 1. The number of hydrogen-bond acceptors (Lipinski definition) is 6. The van der Waals surface area contributed by atoms with Gasteiger partial charge >= 0.3 is 0 Å². The van der Waals surface area contributed by atoms with Crippen LogP contribution in [0.4, 0.5) is 0 Å². The Hall–Kier alpha value is -2.68. The van der Waals surface area contributed by atoms with Crippen molar-refractivity contribution in [2.75, 3.05) is 0 Å². The minimum Gasteiger partial charge on any atom is -0.489 e. The summed E-state index contributed by atoms with van der Waals surface area (Å²) in [5, 5.41) is 6.36. The molecule has 5 aromatic rings. The molecule has 0 aliphatic heterocycles. The van der Waals surface area contributed by atoms with Crippen molar-refractivity contribution in [3.05, 3.63) is 75.3 Å². The Bertz CT molecular complexity index is 1280. The smallest absolute Gasteiger partial charge is 0.258 e. The first-order valence-corrected chi connectivity index (χ1v) is 10.7. The molecule has 0 spiro atoms. The Kier molecular flexibility index (Phi) is 4.83. The van der Waals surface area contributed by atoms with E-state index >= 15 is 0 Å². The maximum Gasteiger partial charge on any atom is 0.258 e. The van der Waals surface area contributed by atoms with Crippen LogP contribution in [0.25, 0.3) is 27.9 Å². The number of aromatic nitrogens is 4. The quantitative estimate of drug-likeness (QED) is 0.299. The summed E-state index contributed by atoms with van der Waals surface area (Å²) >= 11 is 11.2. The van der Waals surface area contributed by atoms with E-state index in [2.05, 4.69) is 31.1 Å². The summed E-state index contributed by atoms with van der Waals surface area (Å²) in [5.74, 6) is 1.64. The SMILES string of the molecule is Clc1nc2sccn2c1-c1noc(-c2ccc(COc3ccc(Br)cc3)cc2)n1. The van der Waals surface area contributed by atoms with Gasteiger partial charge in [0.05, 0.1) is 0 Å². The maximum absolute atomic E-state index is 6.25. The van der Waals surface area contributed by atoms with E-state index in [1.54, 1.807) is 0 Å². The zero-order chi connectivity index (χ0) is 19.8. The van der Waals surface area contributed by atoms with Crippen LogP contribution in [0.1, 0.15) is 5.56 Å². The number of thiazole rings is 1. The molecule has 0 aliphatic rings. The lowest BCUT2D eigenvalue weighted by Crippen LogP contribution is -1.95. The summed E-state index contributed by atoms with van der Waals surface area (Å²) in [6.07, 6.45) is 1.88.